The number of hydrogen-bond acceptors (Lipinski definition) is 3. The zero-order valence-corrected chi connectivity index (χ0v) is 8.90. The number of nitrogens with two attached hydrogens (primary N) is 1. The van der Waals surface area contributed by atoms with Gasteiger partial charge < -0.3 is 5.73 Å². The average molecular weight is 194 g/mol. The average Bonchev–Trinajstić information content (AvgIpc) is 2.56. The molecule has 2 unspecified atom stereocenters. The summed E-state index contributed by atoms with van der Waals surface area (Å²) in [5.74, 6) is 2.09. The molecule has 0 fully saturated rings. The minimum absolute atomic E-state index is 0.235. The monoisotopic (exact) mass is 194 g/mol. The molecule has 4 heteroatoms. The third-order valence-corrected chi connectivity index (χ3v) is 2.93. The van der Waals surface area contributed by atoms with Crippen molar-refractivity contribution in [2.24, 2.45) is 5.73 Å². The van der Waals surface area contributed by atoms with Crippen LogP contribution in [0, 0.1) is 0 Å². The summed E-state index contributed by atoms with van der Waals surface area (Å²) in [7, 11) is 0. The van der Waals surface area contributed by atoms with E-state index in [4.69, 9.17) is 5.73 Å². The highest BCUT2D eigenvalue weighted by atomic mass is 15.4. The maximum absolute atomic E-state index is 5.99. The summed E-state index contributed by atoms with van der Waals surface area (Å²) in [6.07, 6.45) is 4.08. The van der Waals surface area contributed by atoms with Gasteiger partial charge in [-0.2, -0.15) is 5.10 Å². The Morgan fingerprint density at radius 3 is 3.07 bits per heavy atom. The normalized spacial score (nSPS) is 26.2. The fraction of sp³-hybridized carbons (Fsp3) is 0.800. The quantitative estimate of drug-likeness (QED) is 0.766. The van der Waals surface area contributed by atoms with Gasteiger partial charge in [0.05, 0.1) is 6.04 Å². The number of rotatable bonds is 2. The highest BCUT2D eigenvalue weighted by Gasteiger charge is 2.25. The second-order valence-corrected chi connectivity index (χ2v) is 4.08. The molecule has 0 saturated carbocycles. The molecule has 1 aliphatic rings. The van der Waals surface area contributed by atoms with E-state index in [0.29, 0.717) is 6.04 Å². The molecule has 0 saturated heterocycles. The first kappa shape index (κ1) is 9.65. The van der Waals surface area contributed by atoms with Crippen LogP contribution in [0.4, 0.5) is 0 Å². The van der Waals surface area contributed by atoms with Crippen LogP contribution in [0.3, 0.4) is 0 Å². The minimum atomic E-state index is 0.235. The first-order chi connectivity index (χ1) is 6.72. The van der Waals surface area contributed by atoms with Crippen molar-refractivity contribution < 1.29 is 0 Å². The lowest BCUT2D eigenvalue weighted by Gasteiger charge is -2.25. The molecule has 0 amide bonds. The molecule has 0 aromatic carbocycles. The largest absolute Gasteiger partial charge is 0.326 e. The molecule has 0 spiro atoms. The lowest BCUT2D eigenvalue weighted by molar-refractivity contribution is 0.337. The number of aromatic nitrogens is 3. The lowest BCUT2D eigenvalue weighted by Crippen LogP contribution is -2.36. The van der Waals surface area contributed by atoms with E-state index in [-0.39, 0.29) is 6.04 Å². The first-order valence-corrected chi connectivity index (χ1v) is 5.42. The van der Waals surface area contributed by atoms with Crippen molar-refractivity contribution in [1.82, 2.24) is 14.8 Å². The molecule has 14 heavy (non-hydrogen) atoms. The summed E-state index contributed by atoms with van der Waals surface area (Å²) in [4.78, 5) is 4.52. The minimum Gasteiger partial charge on any atom is -0.326 e. The van der Waals surface area contributed by atoms with Crippen LogP contribution in [-0.2, 0) is 12.8 Å². The van der Waals surface area contributed by atoms with Crippen molar-refractivity contribution in [3.63, 3.8) is 0 Å². The zero-order chi connectivity index (χ0) is 10.1. The Kier molecular flexibility index (Phi) is 2.54. The predicted molar refractivity (Wildman–Crippen MR) is 55.0 cm³/mol. The molecular formula is C10H18N4. The Bertz CT molecular complexity index is 318. The van der Waals surface area contributed by atoms with Crippen molar-refractivity contribution in [2.45, 2.75) is 51.6 Å². The highest BCUT2D eigenvalue weighted by molar-refractivity contribution is 5.01. The van der Waals surface area contributed by atoms with E-state index in [9.17, 15) is 0 Å². The smallest absolute Gasteiger partial charge is 0.150 e. The van der Waals surface area contributed by atoms with E-state index in [1.165, 1.54) is 0 Å². The van der Waals surface area contributed by atoms with E-state index in [0.717, 1.165) is 37.3 Å². The van der Waals surface area contributed by atoms with Gasteiger partial charge in [0.15, 0.2) is 5.82 Å². The van der Waals surface area contributed by atoms with Gasteiger partial charge in [0.1, 0.15) is 5.82 Å². The number of nitrogens with zero attached hydrogens (tertiary/aromatic N) is 3. The predicted octanol–water partition coefficient (Wildman–Crippen LogP) is 1.07. The lowest BCUT2D eigenvalue weighted by atomic mass is 10.0. The highest BCUT2D eigenvalue weighted by Crippen LogP contribution is 2.21. The molecule has 1 aromatic rings. The second kappa shape index (κ2) is 3.69. The van der Waals surface area contributed by atoms with Crippen molar-refractivity contribution in [2.75, 3.05) is 0 Å². The van der Waals surface area contributed by atoms with Crippen LogP contribution in [0.5, 0.6) is 0 Å². The summed E-state index contributed by atoms with van der Waals surface area (Å²) in [6, 6.07) is 0.538. The van der Waals surface area contributed by atoms with Gasteiger partial charge in [-0.15, -0.1) is 0 Å². The van der Waals surface area contributed by atoms with Crippen LogP contribution in [0.2, 0.25) is 0 Å². The molecule has 1 aliphatic heterocycles. The van der Waals surface area contributed by atoms with E-state index in [1.54, 1.807) is 0 Å². The van der Waals surface area contributed by atoms with Crippen LogP contribution >= 0.6 is 0 Å². The number of aryl methyl sites for hydroxylation is 2. The summed E-state index contributed by atoms with van der Waals surface area (Å²) in [6.45, 7) is 4.27. The summed E-state index contributed by atoms with van der Waals surface area (Å²) >= 11 is 0. The van der Waals surface area contributed by atoms with Gasteiger partial charge in [-0.3, -0.25) is 0 Å². The van der Waals surface area contributed by atoms with Gasteiger partial charge in [-0.05, 0) is 19.8 Å². The maximum atomic E-state index is 5.99. The second-order valence-electron chi connectivity index (χ2n) is 4.08. The molecular weight excluding hydrogens is 176 g/mol. The Morgan fingerprint density at radius 2 is 2.36 bits per heavy atom. The van der Waals surface area contributed by atoms with Crippen LogP contribution in [-0.4, -0.2) is 20.8 Å². The van der Waals surface area contributed by atoms with E-state index in [1.807, 2.05) is 4.68 Å². The Hall–Kier alpha value is -0.900. The van der Waals surface area contributed by atoms with E-state index < -0.39 is 0 Å². The number of hydrogen-bond donors (Lipinski definition) is 1. The third kappa shape index (κ3) is 1.54. The van der Waals surface area contributed by atoms with E-state index >= 15 is 0 Å². The molecule has 1 aromatic heterocycles. The standard InChI is InChI=1S/C10H18N4/c1-3-4-9-12-10-6-5-8(11)7(2)14(10)13-9/h7-8H,3-6,11H2,1-2H3. The van der Waals surface area contributed by atoms with Crippen molar-refractivity contribution >= 4 is 0 Å². The fourth-order valence-electron chi connectivity index (χ4n) is 1.95. The summed E-state index contributed by atoms with van der Waals surface area (Å²) < 4.78 is 2.01. The molecule has 2 heterocycles. The van der Waals surface area contributed by atoms with Gasteiger partial charge >= 0.3 is 0 Å². The molecule has 0 aliphatic carbocycles. The summed E-state index contributed by atoms with van der Waals surface area (Å²) in [5, 5.41) is 4.50. The van der Waals surface area contributed by atoms with E-state index in [2.05, 4.69) is 23.9 Å². The Balaban J connectivity index is 2.27. The van der Waals surface area contributed by atoms with Crippen LogP contribution < -0.4 is 5.73 Å². The van der Waals surface area contributed by atoms with Gasteiger partial charge in [-0.1, -0.05) is 6.92 Å². The molecule has 0 bridgehead atoms. The molecule has 2 N–H and O–H groups in total. The molecule has 0 radical (unpaired) electrons. The fourth-order valence-corrected chi connectivity index (χ4v) is 1.95. The first-order valence-electron chi connectivity index (χ1n) is 5.42. The van der Waals surface area contributed by atoms with Crippen LogP contribution in [0.1, 0.15) is 44.4 Å². The van der Waals surface area contributed by atoms with Gasteiger partial charge in [-0.25, -0.2) is 9.67 Å². The molecule has 4 nitrogen and oxygen atoms in total. The van der Waals surface area contributed by atoms with Gasteiger partial charge in [0, 0.05) is 18.9 Å². The van der Waals surface area contributed by atoms with Crippen LogP contribution in [0.15, 0.2) is 0 Å². The van der Waals surface area contributed by atoms with Crippen LogP contribution in [0.25, 0.3) is 0 Å². The summed E-state index contributed by atoms with van der Waals surface area (Å²) in [5.41, 5.74) is 5.99. The zero-order valence-electron chi connectivity index (χ0n) is 8.90. The molecule has 78 valence electrons. The van der Waals surface area contributed by atoms with Gasteiger partial charge in [0.2, 0.25) is 0 Å². The molecule has 2 rings (SSSR count). The topological polar surface area (TPSA) is 56.7 Å². The SMILES string of the molecule is CCCc1nc2n(n1)C(C)C(N)CC2. The Morgan fingerprint density at radius 1 is 1.57 bits per heavy atom. The van der Waals surface area contributed by atoms with Crippen molar-refractivity contribution in [3.8, 4) is 0 Å². The Labute approximate surface area is 84.5 Å². The molecule has 2 atom stereocenters. The third-order valence-electron chi connectivity index (χ3n) is 2.93. The van der Waals surface area contributed by atoms with Crippen molar-refractivity contribution in [3.05, 3.63) is 11.6 Å². The van der Waals surface area contributed by atoms with Crippen molar-refractivity contribution in [1.29, 1.82) is 0 Å². The maximum Gasteiger partial charge on any atom is 0.150 e. The number of fused-ring (bicyclic) bond motifs is 1. The van der Waals surface area contributed by atoms with Gasteiger partial charge in [0.25, 0.3) is 0 Å².